The van der Waals surface area contributed by atoms with Crippen molar-refractivity contribution in [3.8, 4) is 0 Å². The highest BCUT2D eigenvalue weighted by Gasteiger charge is 2.38. The maximum atomic E-state index is 14.0. The highest BCUT2D eigenvalue weighted by atomic mass is 19.2. The molecule has 2 aromatic carbocycles. The van der Waals surface area contributed by atoms with E-state index in [4.69, 9.17) is 4.74 Å². The van der Waals surface area contributed by atoms with E-state index in [0.29, 0.717) is 23.2 Å². The summed E-state index contributed by atoms with van der Waals surface area (Å²) in [5.41, 5.74) is 1.99. The lowest BCUT2D eigenvalue weighted by molar-refractivity contribution is -0.136. The molecule has 0 saturated carbocycles. The van der Waals surface area contributed by atoms with Gasteiger partial charge in [-0.05, 0) is 47.2 Å². The molecule has 0 bridgehead atoms. The minimum absolute atomic E-state index is 0.0106. The quantitative estimate of drug-likeness (QED) is 0.700. The standard InChI is InChI=1S/C22H17F3N2O3/c1-27(22(29)15-4-10-2-3-11(23)5-12(10)15)19-9-30-8-18-20(19)13-6-16(24)17(25)7-14(13)21(28)26-18/h2-3,5-7,15,19H,4,8-9H2,1H3,(H,26,28)/t15?,19-/m1/s1. The summed E-state index contributed by atoms with van der Waals surface area (Å²) in [7, 11) is 1.60. The first-order valence-electron chi connectivity index (χ1n) is 9.51. The van der Waals surface area contributed by atoms with Crippen LogP contribution < -0.4 is 5.56 Å². The van der Waals surface area contributed by atoms with Gasteiger partial charge in [0.25, 0.3) is 5.56 Å². The lowest BCUT2D eigenvalue weighted by Gasteiger charge is -2.38. The fourth-order valence-corrected chi connectivity index (χ4v) is 4.44. The highest BCUT2D eigenvalue weighted by Crippen LogP contribution is 2.40. The molecule has 0 saturated heterocycles. The maximum absolute atomic E-state index is 14.0. The SMILES string of the molecule is CN(C(=O)C1Cc2ccc(F)cc21)[C@@H]1COCc2[nH]c(=O)c3cc(F)c(F)cc3c21. The zero-order valence-corrected chi connectivity index (χ0v) is 16.0. The van der Waals surface area contributed by atoms with Gasteiger partial charge in [0.1, 0.15) is 5.82 Å². The molecule has 5 rings (SSSR count). The molecule has 0 spiro atoms. The minimum atomic E-state index is -1.12. The number of hydrogen-bond donors (Lipinski definition) is 1. The molecule has 5 nitrogen and oxygen atoms in total. The van der Waals surface area contributed by atoms with Crippen molar-refractivity contribution in [2.45, 2.75) is 25.0 Å². The van der Waals surface area contributed by atoms with Crippen LogP contribution in [0.5, 0.6) is 0 Å². The molecule has 1 N–H and O–H groups in total. The fourth-order valence-electron chi connectivity index (χ4n) is 4.44. The van der Waals surface area contributed by atoms with Crippen LogP contribution in [0.15, 0.2) is 35.1 Å². The molecule has 1 unspecified atom stereocenters. The number of carbonyl (C=O) groups is 1. The van der Waals surface area contributed by atoms with Crippen LogP contribution in [0.3, 0.4) is 0 Å². The van der Waals surface area contributed by atoms with Gasteiger partial charge in [-0.2, -0.15) is 0 Å². The van der Waals surface area contributed by atoms with Crippen LogP contribution in [0.2, 0.25) is 0 Å². The first-order valence-corrected chi connectivity index (χ1v) is 9.51. The number of pyridine rings is 1. The third-order valence-electron chi connectivity index (χ3n) is 6.06. The van der Waals surface area contributed by atoms with Crippen molar-refractivity contribution in [1.82, 2.24) is 9.88 Å². The summed E-state index contributed by atoms with van der Waals surface area (Å²) in [4.78, 5) is 29.7. The van der Waals surface area contributed by atoms with Gasteiger partial charge >= 0.3 is 0 Å². The van der Waals surface area contributed by atoms with E-state index >= 15 is 0 Å². The predicted octanol–water partition coefficient (Wildman–Crippen LogP) is 3.32. The number of aromatic amines is 1. The summed E-state index contributed by atoms with van der Waals surface area (Å²) in [5, 5.41) is 0.261. The summed E-state index contributed by atoms with van der Waals surface area (Å²) < 4.78 is 46.9. The normalized spacial score (nSPS) is 19.7. The fraction of sp³-hybridized carbons (Fsp3) is 0.273. The van der Waals surface area contributed by atoms with Crippen LogP contribution in [-0.4, -0.2) is 29.4 Å². The molecule has 8 heteroatoms. The largest absolute Gasteiger partial charge is 0.373 e. The van der Waals surface area contributed by atoms with E-state index in [1.807, 2.05) is 0 Å². The predicted molar refractivity (Wildman–Crippen MR) is 102 cm³/mol. The number of carbonyl (C=O) groups excluding carboxylic acids is 1. The van der Waals surface area contributed by atoms with Crippen LogP contribution in [0.1, 0.15) is 34.3 Å². The van der Waals surface area contributed by atoms with Gasteiger partial charge in [-0.1, -0.05) is 6.07 Å². The molecule has 0 radical (unpaired) electrons. The van der Waals surface area contributed by atoms with E-state index in [1.165, 1.54) is 17.0 Å². The van der Waals surface area contributed by atoms with Crippen molar-refractivity contribution in [3.05, 3.63) is 80.5 Å². The average Bonchev–Trinajstić information content (AvgIpc) is 2.71. The molecule has 1 aromatic heterocycles. The lowest BCUT2D eigenvalue weighted by Crippen LogP contribution is -2.42. The summed E-state index contributed by atoms with van der Waals surface area (Å²) in [5.74, 6) is -3.29. The zero-order chi connectivity index (χ0) is 21.2. The number of H-pyrrole nitrogens is 1. The Balaban J connectivity index is 1.57. The van der Waals surface area contributed by atoms with Crippen molar-refractivity contribution in [2.75, 3.05) is 13.7 Å². The van der Waals surface area contributed by atoms with Gasteiger partial charge in [0, 0.05) is 18.3 Å². The first kappa shape index (κ1) is 18.9. The van der Waals surface area contributed by atoms with Gasteiger partial charge in [0.15, 0.2) is 11.6 Å². The van der Waals surface area contributed by atoms with Gasteiger partial charge < -0.3 is 14.6 Å². The smallest absolute Gasteiger partial charge is 0.256 e. The van der Waals surface area contributed by atoms with Crippen LogP contribution in [0.4, 0.5) is 13.2 Å². The number of likely N-dealkylation sites (N-methyl/N-ethyl adjacent to an activating group) is 1. The molecule has 30 heavy (non-hydrogen) atoms. The Kier molecular flexibility index (Phi) is 4.21. The number of aromatic nitrogens is 1. The van der Waals surface area contributed by atoms with Gasteiger partial charge in [0.05, 0.1) is 30.6 Å². The van der Waals surface area contributed by atoms with Crippen LogP contribution in [0, 0.1) is 17.5 Å². The van der Waals surface area contributed by atoms with E-state index in [9.17, 15) is 22.8 Å². The second-order valence-corrected chi connectivity index (χ2v) is 7.74. The van der Waals surface area contributed by atoms with Gasteiger partial charge in [-0.25, -0.2) is 13.2 Å². The third-order valence-corrected chi connectivity index (χ3v) is 6.06. The number of benzene rings is 2. The number of nitrogens with zero attached hydrogens (tertiary/aromatic N) is 1. The average molecular weight is 414 g/mol. The van der Waals surface area contributed by atoms with Crippen LogP contribution >= 0.6 is 0 Å². The summed E-state index contributed by atoms with van der Waals surface area (Å²) in [6.07, 6.45) is 0.505. The van der Waals surface area contributed by atoms with Crippen molar-refractivity contribution in [2.24, 2.45) is 0 Å². The number of amides is 1. The van der Waals surface area contributed by atoms with Crippen molar-refractivity contribution >= 4 is 16.7 Å². The van der Waals surface area contributed by atoms with Crippen LogP contribution in [0.25, 0.3) is 10.8 Å². The van der Waals surface area contributed by atoms with Crippen molar-refractivity contribution < 1.29 is 22.7 Å². The molecular formula is C22H17F3N2O3. The number of nitrogens with one attached hydrogen (secondary N) is 1. The first-order chi connectivity index (χ1) is 14.3. The number of rotatable bonds is 2. The van der Waals surface area contributed by atoms with E-state index in [1.54, 1.807) is 13.1 Å². The Morgan fingerprint density at radius 2 is 1.87 bits per heavy atom. The number of halogens is 3. The Hall–Kier alpha value is -3.13. The Bertz CT molecular complexity index is 1270. The molecule has 154 valence electrons. The second kappa shape index (κ2) is 6.70. The van der Waals surface area contributed by atoms with Crippen LogP contribution in [-0.2, 0) is 22.6 Å². The molecule has 2 atom stereocenters. The number of hydrogen-bond acceptors (Lipinski definition) is 3. The summed E-state index contributed by atoms with van der Waals surface area (Å²) in [6.45, 7) is 0.230. The molecule has 3 aromatic rings. The number of fused-ring (bicyclic) bond motifs is 4. The van der Waals surface area contributed by atoms with E-state index in [-0.39, 0.29) is 29.9 Å². The molecule has 2 aliphatic rings. The highest BCUT2D eigenvalue weighted by molar-refractivity contribution is 5.89. The van der Waals surface area contributed by atoms with E-state index < -0.39 is 35.0 Å². The molecular weight excluding hydrogens is 397 g/mol. The second-order valence-electron chi connectivity index (χ2n) is 7.74. The van der Waals surface area contributed by atoms with E-state index in [2.05, 4.69) is 4.98 Å². The maximum Gasteiger partial charge on any atom is 0.256 e. The molecule has 2 heterocycles. The summed E-state index contributed by atoms with van der Waals surface area (Å²) in [6, 6.07) is 5.65. The summed E-state index contributed by atoms with van der Waals surface area (Å²) >= 11 is 0. The minimum Gasteiger partial charge on any atom is -0.373 e. The lowest BCUT2D eigenvalue weighted by atomic mass is 9.76. The van der Waals surface area contributed by atoms with Gasteiger partial charge in [-0.3, -0.25) is 9.59 Å². The monoisotopic (exact) mass is 414 g/mol. The van der Waals surface area contributed by atoms with Crippen molar-refractivity contribution in [1.29, 1.82) is 0 Å². The Labute approximate surface area is 169 Å². The number of ether oxygens (including phenoxy) is 1. The van der Waals surface area contributed by atoms with E-state index in [0.717, 1.165) is 17.7 Å². The Morgan fingerprint density at radius 1 is 1.13 bits per heavy atom. The van der Waals surface area contributed by atoms with Crippen molar-refractivity contribution in [3.63, 3.8) is 0 Å². The zero-order valence-electron chi connectivity index (χ0n) is 16.0. The third kappa shape index (κ3) is 2.74. The molecule has 1 aliphatic heterocycles. The molecule has 1 aliphatic carbocycles. The Morgan fingerprint density at radius 3 is 2.63 bits per heavy atom. The molecule has 0 fully saturated rings. The molecule has 1 amide bonds. The van der Waals surface area contributed by atoms with Gasteiger partial charge in [-0.15, -0.1) is 0 Å². The van der Waals surface area contributed by atoms with Gasteiger partial charge in [0.2, 0.25) is 5.91 Å². The topological polar surface area (TPSA) is 62.4 Å².